The fraction of sp³-hybridized carbons (Fsp3) is 0.190. The van der Waals surface area contributed by atoms with Gasteiger partial charge in [-0.25, -0.2) is 9.97 Å². The van der Waals surface area contributed by atoms with Crippen molar-refractivity contribution in [3.63, 3.8) is 0 Å². The molecule has 138 valence electrons. The Hall–Kier alpha value is -3.41. The Kier molecular flexibility index (Phi) is 5.66. The quantitative estimate of drug-likeness (QED) is 0.698. The van der Waals surface area contributed by atoms with Crippen LogP contribution in [0.4, 0.5) is 11.5 Å². The molecule has 1 heterocycles. The summed E-state index contributed by atoms with van der Waals surface area (Å²) < 4.78 is 5.15. The second-order valence-electron chi connectivity index (χ2n) is 6.15. The molecule has 1 aromatic heterocycles. The van der Waals surface area contributed by atoms with Crippen LogP contribution >= 0.6 is 0 Å². The van der Waals surface area contributed by atoms with Crippen molar-refractivity contribution in [2.24, 2.45) is 0 Å². The van der Waals surface area contributed by atoms with E-state index in [1.165, 1.54) is 0 Å². The van der Waals surface area contributed by atoms with Crippen LogP contribution in [0.5, 0.6) is 5.75 Å². The first-order valence-corrected chi connectivity index (χ1v) is 8.64. The fourth-order valence-corrected chi connectivity index (χ4v) is 2.64. The first kappa shape index (κ1) is 18.4. The minimum atomic E-state index is -0.235. The van der Waals surface area contributed by atoms with Gasteiger partial charge in [-0.05, 0) is 49.2 Å². The third kappa shape index (κ3) is 4.82. The molecule has 0 unspecified atom stereocenters. The van der Waals surface area contributed by atoms with Gasteiger partial charge in [-0.15, -0.1) is 0 Å². The topological polar surface area (TPSA) is 76.1 Å². The molecule has 0 saturated heterocycles. The summed E-state index contributed by atoms with van der Waals surface area (Å²) in [7, 11) is 1.62. The number of carbonyl (C=O) groups excluding carboxylic acids is 1. The maximum atomic E-state index is 12.5. The van der Waals surface area contributed by atoms with Gasteiger partial charge in [-0.1, -0.05) is 24.3 Å². The smallest absolute Gasteiger partial charge is 0.270 e. The summed E-state index contributed by atoms with van der Waals surface area (Å²) in [6, 6.07) is 17.1. The molecule has 0 aliphatic carbocycles. The summed E-state index contributed by atoms with van der Waals surface area (Å²) >= 11 is 0. The predicted molar refractivity (Wildman–Crippen MR) is 105 cm³/mol. The van der Waals surface area contributed by atoms with Gasteiger partial charge in [0.25, 0.3) is 5.91 Å². The van der Waals surface area contributed by atoms with E-state index < -0.39 is 0 Å². The first-order chi connectivity index (χ1) is 13.0. The summed E-state index contributed by atoms with van der Waals surface area (Å²) in [5.74, 6) is 1.63. The molecule has 0 saturated carbocycles. The summed E-state index contributed by atoms with van der Waals surface area (Å²) in [6.07, 6.45) is 0. The number of hydrogen-bond acceptors (Lipinski definition) is 5. The lowest BCUT2D eigenvalue weighted by molar-refractivity contribution is 0.0945. The molecule has 0 radical (unpaired) electrons. The van der Waals surface area contributed by atoms with E-state index in [1.807, 2.05) is 55.5 Å². The Bertz CT molecular complexity index is 939. The van der Waals surface area contributed by atoms with Crippen molar-refractivity contribution < 1.29 is 9.53 Å². The number of anilines is 2. The van der Waals surface area contributed by atoms with E-state index in [0.29, 0.717) is 23.9 Å². The zero-order valence-corrected chi connectivity index (χ0v) is 15.6. The highest BCUT2D eigenvalue weighted by molar-refractivity contribution is 5.93. The van der Waals surface area contributed by atoms with E-state index in [-0.39, 0.29) is 5.91 Å². The lowest BCUT2D eigenvalue weighted by Gasteiger charge is -2.10. The first-order valence-electron chi connectivity index (χ1n) is 8.64. The average molecular weight is 362 g/mol. The number of hydrogen-bond donors (Lipinski definition) is 2. The van der Waals surface area contributed by atoms with Crippen LogP contribution in [0, 0.1) is 13.8 Å². The molecular weight excluding hydrogens is 340 g/mol. The Morgan fingerprint density at radius 3 is 2.48 bits per heavy atom. The van der Waals surface area contributed by atoms with Gasteiger partial charge >= 0.3 is 0 Å². The van der Waals surface area contributed by atoms with Crippen molar-refractivity contribution in [3.05, 3.63) is 77.2 Å². The number of carbonyl (C=O) groups is 1. The van der Waals surface area contributed by atoms with Gasteiger partial charge in [0.15, 0.2) is 0 Å². The monoisotopic (exact) mass is 362 g/mol. The van der Waals surface area contributed by atoms with Gasteiger partial charge in [0.05, 0.1) is 7.11 Å². The molecule has 0 spiro atoms. The van der Waals surface area contributed by atoms with Gasteiger partial charge in [-0.3, -0.25) is 4.79 Å². The molecule has 0 bridgehead atoms. The number of amides is 1. The molecule has 3 aromatic rings. The lowest BCUT2D eigenvalue weighted by Crippen LogP contribution is -2.24. The van der Waals surface area contributed by atoms with Crippen LogP contribution in [0.1, 0.15) is 27.4 Å². The van der Waals surface area contributed by atoms with Gasteiger partial charge in [0.1, 0.15) is 23.1 Å². The SMILES string of the molecule is COc1ccc(Nc2cc(C(=O)NCc3ccccc3C)nc(C)n2)cc1. The van der Waals surface area contributed by atoms with Gasteiger partial charge in [-0.2, -0.15) is 0 Å². The zero-order chi connectivity index (χ0) is 19.2. The summed E-state index contributed by atoms with van der Waals surface area (Å²) in [5.41, 5.74) is 3.39. The maximum Gasteiger partial charge on any atom is 0.270 e. The number of nitrogens with one attached hydrogen (secondary N) is 2. The summed E-state index contributed by atoms with van der Waals surface area (Å²) in [6.45, 7) is 4.24. The van der Waals surface area contributed by atoms with Gasteiger partial charge in [0, 0.05) is 18.3 Å². The molecule has 6 heteroatoms. The molecular formula is C21H22N4O2. The molecule has 0 atom stereocenters. The molecule has 0 fully saturated rings. The Balaban J connectivity index is 1.72. The average Bonchev–Trinajstić information content (AvgIpc) is 2.67. The zero-order valence-electron chi connectivity index (χ0n) is 15.6. The number of benzene rings is 2. The van der Waals surface area contributed by atoms with Crippen LogP contribution in [-0.2, 0) is 6.54 Å². The van der Waals surface area contributed by atoms with Crippen molar-refractivity contribution in [1.82, 2.24) is 15.3 Å². The maximum absolute atomic E-state index is 12.5. The van der Waals surface area contributed by atoms with E-state index in [9.17, 15) is 4.79 Å². The van der Waals surface area contributed by atoms with E-state index in [4.69, 9.17) is 4.74 Å². The standard InChI is InChI=1S/C21H22N4O2/c1-14-6-4-5-7-16(14)13-22-21(26)19-12-20(24-15(2)23-19)25-17-8-10-18(27-3)11-9-17/h4-12H,13H2,1-3H3,(H,22,26)(H,23,24,25). The number of aromatic nitrogens is 2. The molecule has 3 rings (SSSR count). The normalized spacial score (nSPS) is 10.3. The van der Waals surface area contributed by atoms with Crippen molar-refractivity contribution in [2.45, 2.75) is 20.4 Å². The van der Waals surface area contributed by atoms with E-state index >= 15 is 0 Å². The fourth-order valence-electron chi connectivity index (χ4n) is 2.64. The van der Waals surface area contributed by atoms with Crippen molar-refractivity contribution in [1.29, 1.82) is 0 Å². The number of nitrogens with zero attached hydrogens (tertiary/aromatic N) is 2. The van der Waals surface area contributed by atoms with Crippen molar-refractivity contribution >= 4 is 17.4 Å². The van der Waals surface area contributed by atoms with Crippen molar-refractivity contribution in [3.8, 4) is 5.75 Å². The van der Waals surface area contributed by atoms with Crippen LogP contribution in [0.25, 0.3) is 0 Å². The number of methoxy groups -OCH3 is 1. The van der Waals surface area contributed by atoms with Gasteiger partial charge < -0.3 is 15.4 Å². The van der Waals surface area contributed by atoms with Gasteiger partial charge in [0.2, 0.25) is 0 Å². The van der Waals surface area contributed by atoms with E-state index in [0.717, 1.165) is 22.6 Å². The Morgan fingerprint density at radius 1 is 1.04 bits per heavy atom. The minimum Gasteiger partial charge on any atom is -0.497 e. The third-order valence-electron chi connectivity index (χ3n) is 4.13. The van der Waals surface area contributed by atoms with Crippen LogP contribution in [0.2, 0.25) is 0 Å². The molecule has 0 aliphatic heterocycles. The third-order valence-corrected chi connectivity index (χ3v) is 4.13. The molecule has 2 N–H and O–H groups in total. The minimum absolute atomic E-state index is 0.235. The number of rotatable bonds is 6. The molecule has 27 heavy (non-hydrogen) atoms. The van der Waals surface area contributed by atoms with Crippen LogP contribution in [0.3, 0.4) is 0 Å². The highest BCUT2D eigenvalue weighted by Gasteiger charge is 2.11. The predicted octanol–water partition coefficient (Wildman–Crippen LogP) is 3.78. The molecule has 1 amide bonds. The lowest BCUT2D eigenvalue weighted by atomic mass is 10.1. The number of aryl methyl sites for hydroxylation is 2. The molecule has 0 aliphatic rings. The highest BCUT2D eigenvalue weighted by Crippen LogP contribution is 2.19. The molecule has 2 aromatic carbocycles. The van der Waals surface area contributed by atoms with E-state index in [2.05, 4.69) is 20.6 Å². The largest absolute Gasteiger partial charge is 0.497 e. The highest BCUT2D eigenvalue weighted by atomic mass is 16.5. The van der Waals surface area contributed by atoms with Crippen LogP contribution in [-0.4, -0.2) is 23.0 Å². The Morgan fingerprint density at radius 2 is 1.78 bits per heavy atom. The number of ether oxygens (including phenoxy) is 1. The second kappa shape index (κ2) is 8.31. The Labute approximate surface area is 158 Å². The molecule has 6 nitrogen and oxygen atoms in total. The van der Waals surface area contributed by atoms with Crippen LogP contribution < -0.4 is 15.4 Å². The summed E-state index contributed by atoms with van der Waals surface area (Å²) in [5, 5.41) is 6.10. The second-order valence-corrected chi connectivity index (χ2v) is 6.15. The van der Waals surface area contributed by atoms with Crippen LogP contribution in [0.15, 0.2) is 54.6 Å². The summed E-state index contributed by atoms with van der Waals surface area (Å²) in [4.78, 5) is 21.1. The van der Waals surface area contributed by atoms with E-state index in [1.54, 1.807) is 20.1 Å². The van der Waals surface area contributed by atoms with Crippen molar-refractivity contribution in [2.75, 3.05) is 12.4 Å².